The lowest BCUT2D eigenvalue weighted by atomic mass is 10.3. The van der Waals surface area contributed by atoms with Gasteiger partial charge in [0.05, 0.1) is 17.1 Å². The molecule has 7 heteroatoms. The second-order valence-electron chi connectivity index (χ2n) is 3.96. The van der Waals surface area contributed by atoms with Crippen molar-refractivity contribution in [2.45, 2.75) is 18.7 Å². The van der Waals surface area contributed by atoms with Gasteiger partial charge in [-0.1, -0.05) is 0 Å². The second kappa shape index (κ2) is 4.41. The van der Waals surface area contributed by atoms with E-state index in [9.17, 15) is 8.42 Å². The van der Waals surface area contributed by atoms with Crippen molar-refractivity contribution in [2.75, 3.05) is 4.72 Å². The van der Waals surface area contributed by atoms with Crippen LogP contribution >= 0.6 is 0 Å². The summed E-state index contributed by atoms with van der Waals surface area (Å²) in [4.78, 5) is 3.93. The van der Waals surface area contributed by atoms with Gasteiger partial charge < -0.3 is 0 Å². The first kappa shape index (κ1) is 12.6. The van der Waals surface area contributed by atoms with Crippen LogP contribution in [0.5, 0.6) is 0 Å². The van der Waals surface area contributed by atoms with Gasteiger partial charge in [-0.3, -0.25) is 14.4 Å². The molecule has 0 aliphatic heterocycles. The molecule has 0 aliphatic rings. The number of anilines is 1. The highest BCUT2D eigenvalue weighted by atomic mass is 32.2. The molecule has 1 N–H and O–H groups in total. The lowest BCUT2D eigenvalue weighted by Gasteiger charge is -2.07. The molecule has 0 saturated carbocycles. The third kappa shape index (κ3) is 2.21. The van der Waals surface area contributed by atoms with Crippen molar-refractivity contribution in [1.29, 1.82) is 0 Å². The van der Waals surface area contributed by atoms with Crippen molar-refractivity contribution in [3.63, 3.8) is 0 Å². The number of nitrogens with zero attached hydrogens (tertiary/aromatic N) is 3. The van der Waals surface area contributed by atoms with Gasteiger partial charge in [0.1, 0.15) is 4.90 Å². The first-order valence-electron chi connectivity index (χ1n) is 5.35. The summed E-state index contributed by atoms with van der Waals surface area (Å²) < 4.78 is 28.4. The Kier molecular flexibility index (Phi) is 3.08. The van der Waals surface area contributed by atoms with Crippen LogP contribution < -0.4 is 4.72 Å². The Bertz CT molecular complexity index is 662. The van der Waals surface area contributed by atoms with Crippen LogP contribution in [-0.4, -0.2) is 23.2 Å². The van der Waals surface area contributed by atoms with Gasteiger partial charge in [-0.25, -0.2) is 8.42 Å². The minimum atomic E-state index is -3.61. The van der Waals surface area contributed by atoms with E-state index < -0.39 is 10.0 Å². The average molecular weight is 266 g/mol. The van der Waals surface area contributed by atoms with Gasteiger partial charge in [0.2, 0.25) is 0 Å². The van der Waals surface area contributed by atoms with Gasteiger partial charge in [0.15, 0.2) is 0 Å². The molecule has 0 atom stereocenters. The summed E-state index contributed by atoms with van der Waals surface area (Å²) in [7, 11) is -1.84. The normalized spacial score (nSPS) is 11.5. The van der Waals surface area contributed by atoms with Crippen molar-refractivity contribution in [3.8, 4) is 0 Å². The van der Waals surface area contributed by atoms with Crippen LogP contribution in [0.25, 0.3) is 0 Å². The van der Waals surface area contributed by atoms with E-state index >= 15 is 0 Å². The number of rotatable bonds is 3. The van der Waals surface area contributed by atoms with Gasteiger partial charge in [-0.2, -0.15) is 5.10 Å². The molecule has 0 bridgehead atoms. The monoisotopic (exact) mass is 266 g/mol. The molecular weight excluding hydrogens is 252 g/mol. The summed E-state index contributed by atoms with van der Waals surface area (Å²) in [5.74, 6) is 0. The number of sulfonamides is 1. The lowest BCUT2D eigenvalue weighted by molar-refractivity contribution is 0.600. The molecule has 0 radical (unpaired) electrons. The number of hydrogen-bond donors (Lipinski definition) is 1. The lowest BCUT2D eigenvalue weighted by Crippen LogP contribution is -2.14. The Balaban J connectivity index is 2.40. The van der Waals surface area contributed by atoms with E-state index in [2.05, 4.69) is 14.8 Å². The van der Waals surface area contributed by atoms with Crippen molar-refractivity contribution >= 4 is 15.7 Å². The minimum Gasteiger partial charge on any atom is -0.276 e. The third-order valence-corrected chi connectivity index (χ3v) is 4.03. The molecule has 2 heterocycles. The van der Waals surface area contributed by atoms with E-state index in [1.54, 1.807) is 31.6 Å². The van der Waals surface area contributed by atoms with Crippen LogP contribution in [0.15, 0.2) is 29.4 Å². The summed E-state index contributed by atoms with van der Waals surface area (Å²) in [6.45, 7) is 3.56. The Labute approximate surface area is 106 Å². The predicted octanol–water partition coefficient (Wildman–Crippen LogP) is 1.23. The van der Waals surface area contributed by atoms with Gasteiger partial charge in [-0.15, -0.1) is 0 Å². The predicted molar refractivity (Wildman–Crippen MR) is 67.7 cm³/mol. The topological polar surface area (TPSA) is 76.9 Å². The zero-order chi connectivity index (χ0) is 13.3. The number of hydrogen-bond acceptors (Lipinski definition) is 4. The maximum atomic E-state index is 12.1. The van der Waals surface area contributed by atoms with Crippen LogP contribution in [0.3, 0.4) is 0 Å². The Hall–Kier alpha value is -1.89. The van der Waals surface area contributed by atoms with Gasteiger partial charge in [-0.05, 0) is 26.0 Å². The molecule has 0 aliphatic carbocycles. The maximum Gasteiger partial charge on any atom is 0.263 e. The smallest absolute Gasteiger partial charge is 0.263 e. The van der Waals surface area contributed by atoms with Crippen LogP contribution in [0, 0.1) is 13.8 Å². The van der Waals surface area contributed by atoms with E-state index in [1.165, 1.54) is 18.5 Å². The molecule has 2 rings (SSSR count). The third-order valence-electron chi connectivity index (χ3n) is 2.69. The zero-order valence-corrected chi connectivity index (χ0v) is 11.2. The largest absolute Gasteiger partial charge is 0.276 e. The van der Waals surface area contributed by atoms with E-state index in [-0.39, 0.29) is 4.90 Å². The van der Waals surface area contributed by atoms with Crippen LogP contribution in [0.1, 0.15) is 11.4 Å². The Morgan fingerprint density at radius 1 is 1.33 bits per heavy atom. The molecule has 0 unspecified atom stereocenters. The molecule has 18 heavy (non-hydrogen) atoms. The molecule has 96 valence electrons. The van der Waals surface area contributed by atoms with Gasteiger partial charge in [0.25, 0.3) is 10.0 Å². The summed E-state index contributed by atoms with van der Waals surface area (Å²) in [5, 5.41) is 4.16. The first-order chi connectivity index (χ1) is 8.42. The minimum absolute atomic E-state index is 0.132. The fourth-order valence-electron chi connectivity index (χ4n) is 1.62. The molecule has 0 spiro atoms. The molecule has 0 saturated heterocycles. The van der Waals surface area contributed by atoms with Gasteiger partial charge >= 0.3 is 0 Å². The van der Waals surface area contributed by atoms with E-state index in [4.69, 9.17) is 0 Å². The van der Waals surface area contributed by atoms with Crippen LogP contribution in [-0.2, 0) is 17.1 Å². The molecule has 2 aromatic rings. The average Bonchev–Trinajstić information content (AvgIpc) is 2.57. The second-order valence-corrected chi connectivity index (χ2v) is 5.65. The van der Waals surface area contributed by atoms with Crippen molar-refractivity contribution in [2.24, 2.45) is 7.05 Å². The van der Waals surface area contributed by atoms with E-state index in [0.717, 1.165) is 5.69 Å². The molecule has 6 nitrogen and oxygen atoms in total. The molecule has 0 aromatic carbocycles. The fourth-order valence-corrected chi connectivity index (χ4v) is 2.76. The number of nitrogens with one attached hydrogen (secondary N) is 1. The van der Waals surface area contributed by atoms with Crippen molar-refractivity contribution in [3.05, 3.63) is 35.9 Å². The number of pyridine rings is 1. The Morgan fingerprint density at radius 3 is 2.56 bits per heavy atom. The number of aryl methyl sites for hydroxylation is 2. The number of aromatic nitrogens is 3. The fraction of sp³-hybridized carbons (Fsp3) is 0.273. The highest BCUT2D eigenvalue weighted by Crippen LogP contribution is 2.22. The summed E-state index contributed by atoms with van der Waals surface area (Å²) >= 11 is 0. The molecular formula is C11H14N4O2S. The summed E-state index contributed by atoms with van der Waals surface area (Å²) in [5.41, 5.74) is 1.92. The standard InChI is InChI=1S/C11H14N4O2S/c1-8-11(9(2)15(3)13-8)14-18(16,17)10-5-4-6-12-7-10/h4-7,14H,1-3H3. The highest BCUT2D eigenvalue weighted by Gasteiger charge is 2.18. The summed E-state index contributed by atoms with van der Waals surface area (Å²) in [6.07, 6.45) is 2.84. The molecule has 0 amide bonds. The van der Waals surface area contributed by atoms with Crippen LogP contribution in [0.2, 0.25) is 0 Å². The molecule has 0 fully saturated rings. The van der Waals surface area contributed by atoms with Gasteiger partial charge in [0, 0.05) is 19.4 Å². The first-order valence-corrected chi connectivity index (χ1v) is 6.83. The summed E-state index contributed by atoms with van der Waals surface area (Å²) in [6, 6.07) is 3.08. The molecule has 2 aromatic heterocycles. The van der Waals surface area contributed by atoms with Crippen molar-refractivity contribution < 1.29 is 8.42 Å². The van der Waals surface area contributed by atoms with Crippen LogP contribution in [0.4, 0.5) is 5.69 Å². The Morgan fingerprint density at radius 2 is 2.06 bits per heavy atom. The van der Waals surface area contributed by atoms with E-state index in [0.29, 0.717) is 11.4 Å². The zero-order valence-electron chi connectivity index (χ0n) is 10.4. The SMILES string of the molecule is Cc1nn(C)c(C)c1NS(=O)(=O)c1cccnc1. The van der Waals surface area contributed by atoms with E-state index in [1.807, 2.05) is 0 Å². The highest BCUT2D eigenvalue weighted by molar-refractivity contribution is 7.92. The van der Waals surface area contributed by atoms with Crippen molar-refractivity contribution in [1.82, 2.24) is 14.8 Å². The maximum absolute atomic E-state index is 12.1. The quantitative estimate of drug-likeness (QED) is 0.906.